The Morgan fingerprint density at radius 2 is 1.77 bits per heavy atom. The van der Waals surface area contributed by atoms with Crippen molar-refractivity contribution in [3.63, 3.8) is 0 Å². The normalized spacial score (nSPS) is 10.7. The molecule has 0 aliphatic rings. The molecule has 0 saturated carbocycles. The number of thiazole rings is 1. The van der Waals surface area contributed by atoms with E-state index in [-0.39, 0.29) is 24.0 Å². The standard InChI is InChI=1S/C23H15ClF2N2O2S/c24-19-2-1-3-20(26)18(19)12-30-17-10-4-14(5-11-17)23-28-21(13-31-23)22(29)27-16-8-6-15(25)7-9-16/h1-11,13H,12H2,(H,27,29). The number of benzene rings is 3. The van der Waals surface area contributed by atoms with E-state index in [0.29, 0.717) is 27.0 Å². The zero-order valence-corrected chi connectivity index (χ0v) is 17.5. The lowest BCUT2D eigenvalue weighted by Gasteiger charge is -2.09. The summed E-state index contributed by atoms with van der Waals surface area (Å²) in [4.78, 5) is 16.7. The van der Waals surface area contributed by atoms with Crippen LogP contribution in [0.25, 0.3) is 10.6 Å². The van der Waals surface area contributed by atoms with Crippen LogP contribution in [0.5, 0.6) is 5.75 Å². The second kappa shape index (κ2) is 9.24. The quantitative estimate of drug-likeness (QED) is 0.357. The second-order valence-corrected chi connectivity index (χ2v) is 7.78. The number of aromatic nitrogens is 1. The maximum atomic E-state index is 13.8. The van der Waals surface area contributed by atoms with Crippen molar-refractivity contribution in [3.8, 4) is 16.3 Å². The Balaban J connectivity index is 1.41. The van der Waals surface area contributed by atoms with E-state index in [0.717, 1.165) is 5.56 Å². The lowest BCUT2D eigenvalue weighted by Crippen LogP contribution is -2.12. The summed E-state index contributed by atoms with van der Waals surface area (Å²) in [6.45, 7) is 0.00973. The van der Waals surface area contributed by atoms with Crippen molar-refractivity contribution in [2.45, 2.75) is 6.61 Å². The van der Waals surface area contributed by atoms with Crippen molar-refractivity contribution in [2.75, 3.05) is 5.32 Å². The van der Waals surface area contributed by atoms with Gasteiger partial charge in [-0.2, -0.15) is 0 Å². The van der Waals surface area contributed by atoms with E-state index in [2.05, 4.69) is 10.3 Å². The fraction of sp³-hybridized carbons (Fsp3) is 0.0435. The molecule has 1 heterocycles. The second-order valence-electron chi connectivity index (χ2n) is 6.51. The highest BCUT2D eigenvalue weighted by atomic mass is 35.5. The summed E-state index contributed by atoms with van der Waals surface area (Å²) in [6.07, 6.45) is 0. The number of ether oxygens (including phenoxy) is 1. The zero-order valence-electron chi connectivity index (χ0n) is 15.9. The van der Waals surface area contributed by atoms with Gasteiger partial charge < -0.3 is 10.1 Å². The van der Waals surface area contributed by atoms with Crippen molar-refractivity contribution in [1.29, 1.82) is 0 Å². The first kappa shape index (κ1) is 21.0. The molecule has 0 saturated heterocycles. The SMILES string of the molecule is O=C(Nc1ccc(F)cc1)c1csc(-c2ccc(OCc3c(F)cccc3Cl)cc2)n1. The molecule has 4 aromatic rings. The van der Waals surface area contributed by atoms with Crippen LogP contribution in [0.2, 0.25) is 5.02 Å². The highest BCUT2D eigenvalue weighted by Crippen LogP contribution is 2.27. The van der Waals surface area contributed by atoms with Crippen molar-refractivity contribution in [2.24, 2.45) is 0 Å². The van der Waals surface area contributed by atoms with Crippen LogP contribution in [0.4, 0.5) is 14.5 Å². The molecule has 0 aliphatic carbocycles. The average Bonchev–Trinajstić information content (AvgIpc) is 3.26. The van der Waals surface area contributed by atoms with Gasteiger partial charge in [0.1, 0.15) is 34.7 Å². The molecule has 1 aromatic heterocycles. The summed E-state index contributed by atoms with van der Waals surface area (Å²) >= 11 is 7.33. The van der Waals surface area contributed by atoms with Gasteiger partial charge in [-0.15, -0.1) is 11.3 Å². The first-order chi connectivity index (χ1) is 15.0. The number of amides is 1. The topological polar surface area (TPSA) is 51.2 Å². The smallest absolute Gasteiger partial charge is 0.275 e. The van der Waals surface area contributed by atoms with Gasteiger partial charge in [0.05, 0.1) is 5.02 Å². The van der Waals surface area contributed by atoms with Gasteiger partial charge in [0.25, 0.3) is 5.91 Å². The van der Waals surface area contributed by atoms with E-state index in [1.54, 1.807) is 35.7 Å². The Morgan fingerprint density at radius 1 is 1.03 bits per heavy atom. The molecule has 0 aliphatic heterocycles. The van der Waals surface area contributed by atoms with Gasteiger partial charge in [0.2, 0.25) is 0 Å². The number of hydrogen-bond donors (Lipinski definition) is 1. The summed E-state index contributed by atoms with van der Waals surface area (Å²) in [5, 5.41) is 5.30. The Morgan fingerprint density at radius 3 is 2.48 bits per heavy atom. The predicted octanol–water partition coefficient (Wildman–Crippen LogP) is 6.57. The molecule has 31 heavy (non-hydrogen) atoms. The predicted molar refractivity (Wildman–Crippen MR) is 118 cm³/mol. The molecule has 0 atom stereocenters. The number of nitrogens with zero attached hydrogens (tertiary/aromatic N) is 1. The summed E-state index contributed by atoms with van der Waals surface area (Å²) in [5.41, 5.74) is 1.85. The molecular weight excluding hydrogens is 442 g/mol. The molecule has 156 valence electrons. The molecule has 0 bridgehead atoms. The van der Waals surface area contributed by atoms with Crippen molar-refractivity contribution >= 4 is 34.5 Å². The number of carbonyl (C=O) groups is 1. The monoisotopic (exact) mass is 456 g/mol. The van der Waals surface area contributed by atoms with Crippen molar-refractivity contribution < 1.29 is 18.3 Å². The molecular formula is C23H15ClF2N2O2S. The molecule has 8 heteroatoms. The first-order valence-electron chi connectivity index (χ1n) is 9.18. The Hall–Kier alpha value is -3.29. The van der Waals surface area contributed by atoms with Crippen LogP contribution >= 0.6 is 22.9 Å². The summed E-state index contributed by atoms with van der Waals surface area (Å²) in [7, 11) is 0. The third-order valence-corrected chi connectivity index (χ3v) is 5.63. The minimum Gasteiger partial charge on any atom is -0.489 e. The van der Waals surface area contributed by atoms with E-state index in [4.69, 9.17) is 16.3 Å². The van der Waals surface area contributed by atoms with E-state index in [1.165, 1.54) is 47.7 Å². The largest absolute Gasteiger partial charge is 0.489 e. The fourth-order valence-electron chi connectivity index (χ4n) is 2.76. The van der Waals surface area contributed by atoms with Crippen LogP contribution in [-0.2, 0) is 6.61 Å². The number of carbonyl (C=O) groups excluding carboxylic acids is 1. The molecule has 0 radical (unpaired) electrons. The molecule has 4 rings (SSSR count). The molecule has 3 aromatic carbocycles. The number of anilines is 1. The van der Waals surface area contributed by atoms with Crippen LogP contribution in [0.15, 0.2) is 72.1 Å². The maximum Gasteiger partial charge on any atom is 0.275 e. The van der Waals surface area contributed by atoms with E-state index < -0.39 is 5.82 Å². The van der Waals surface area contributed by atoms with Gasteiger partial charge >= 0.3 is 0 Å². The third kappa shape index (κ3) is 5.07. The van der Waals surface area contributed by atoms with Crippen LogP contribution in [0.3, 0.4) is 0 Å². The molecule has 4 nitrogen and oxygen atoms in total. The summed E-state index contributed by atoms with van der Waals surface area (Å²) in [6, 6.07) is 17.1. The lowest BCUT2D eigenvalue weighted by molar-refractivity contribution is 0.102. The van der Waals surface area contributed by atoms with Crippen LogP contribution in [-0.4, -0.2) is 10.9 Å². The number of halogens is 3. The number of hydrogen-bond acceptors (Lipinski definition) is 4. The number of nitrogens with one attached hydrogen (secondary N) is 1. The minimum absolute atomic E-state index is 0.00973. The molecule has 0 unspecified atom stereocenters. The van der Waals surface area contributed by atoms with Gasteiger partial charge in [-0.25, -0.2) is 13.8 Å². The fourth-order valence-corrected chi connectivity index (χ4v) is 3.78. The van der Waals surface area contributed by atoms with E-state index in [1.807, 2.05) is 0 Å². The molecule has 1 amide bonds. The van der Waals surface area contributed by atoms with Crippen molar-refractivity contribution in [1.82, 2.24) is 4.98 Å². The van der Waals surface area contributed by atoms with E-state index >= 15 is 0 Å². The van der Waals surface area contributed by atoms with Gasteiger partial charge in [-0.1, -0.05) is 17.7 Å². The van der Waals surface area contributed by atoms with Gasteiger partial charge in [-0.3, -0.25) is 4.79 Å². The van der Waals surface area contributed by atoms with Crippen LogP contribution in [0, 0.1) is 11.6 Å². The molecule has 0 fully saturated rings. The summed E-state index contributed by atoms with van der Waals surface area (Å²) < 4.78 is 32.5. The Kier molecular flexibility index (Phi) is 6.25. The average molecular weight is 457 g/mol. The third-order valence-electron chi connectivity index (χ3n) is 4.39. The van der Waals surface area contributed by atoms with Gasteiger partial charge in [-0.05, 0) is 60.7 Å². The molecule has 1 N–H and O–H groups in total. The van der Waals surface area contributed by atoms with Gasteiger partial charge in [0, 0.05) is 22.2 Å². The first-order valence-corrected chi connectivity index (χ1v) is 10.4. The van der Waals surface area contributed by atoms with Crippen LogP contribution < -0.4 is 10.1 Å². The van der Waals surface area contributed by atoms with Crippen LogP contribution in [0.1, 0.15) is 16.1 Å². The zero-order chi connectivity index (χ0) is 21.8. The summed E-state index contributed by atoms with van der Waals surface area (Å²) in [5.74, 6) is -0.624. The Labute approximate surface area is 186 Å². The highest BCUT2D eigenvalue weighted by molar-refractivity contribution is 7.13. The highest BCUT2D eigenvalue weighted by Gasteiger charge is 2.13. The maximum absolute atomic E-state index is 13.8. The number of rotatable bonds is 6. The molecule has 0 spiro atoms. The van der Waals surface area contributed by atoms with E-state index in [9.17, 15) is 13.6 Å². The lowest BCUT2D eigenvalue weighted by atomic mass is 10.2. The minimum atomic E-state index is -0.418. The Bertz CT molecular complexity index is 1190. The van der Waals surface area contributed by atoms with Crippen molar-refractivity contribution in [3.05, 3.63) is 100 Å². The van der Waals surface area contributed by atoms with Gasteiger partial charge in [0.15, 0.2) is 0 Å².